The van der Waals surface area contributed by atoms with Crippen molar-refractivity contribution in [2.45, 2.75) is 6.54 Å². The van der Waals surface area contributed by atoms with E-state index in [9.17, 15) is 4.79 Å². The SMILES string of the molecule is Cn1ccc(CNc2cccc(N3CCNC3=O)c2)c1. The molecule has 1 fully saturated rings. The van der Waals surface area contributed by atoms with E-state index in [1.165, 1.54) is 5.56 Å². The number of aryl methyl sites for hydroxylation is 1. The Balaban J connectivity index is 1.69. The Morgan fingerprint density at radius 3 is 2.95 bits per heavy atom. The molecular weight excluding hydrogens is 252 g/mol. The summed E-state index contributed by atoms with van der Waals surface area (Å²) in [5.41, 5.74) is 3.18. The number of benzene rings is 1. The van der Waals surface area contributed by atoms with Crippen molar-refractivity contribution < 1.29 is 4.79 Å². The highest BCUT2D eigenvalue weighted by Gasteiger charge is 2.20. The molecule has 2 amide bonds. The number of nitrogens with one attached hydrogen (secondary N) is 2. The fourth-order valence-electron chi connectivity index (χ4n) is 2.37. The number of hydrogen-bond donors (Lipinski definition) is 2. The molecule has 1 aliphatic rings. The van der Waals surface area contributed by atoms with E-state index < -0.39 is 0 Å². The predicted molar refractivity (Wildman–Crippen MR) is 79.9 cm³/mol. The largest absolute Gasteiger partial charge is 0.381 e. The van der Waals surface area contributed by atoms with Gasteiger partial charge >= 0.3 is 6.03 Å². The second kappa shape index (κ2) is 5.28. The van der Waals surface area contributed by atoms with E-state index in [0.717, 1.165) is 24.5 Å². The molecule has 0 spiro atoms. The van der Waals surface area contributed by atoms with Gasteiger partial charge in [-0.2, -0.15) is 0 Å². The van der Waals surface area contributed by atoms with Crippen LogP contribution in [-0.4, -0.2) is 23.7 Å². The Morgan fingerprint density at radius 2 is 2.25 bits per heavy atom. The Morgan fingerprint density at radius 1 is 1.35 bits per heavy atom. The number of aromatic nitrogens is 1. The van der Waals surface area contributed by atoms with Crippen LogP contribution < -0.4 is 15.5 Å². The van der Waals surface area contributed by atoms with Crippen LogP contribution in [0.1, 0.15) is 5.56 Å². The van der Waals surface area contributed by atoms with E-state index in [1.807, 2.05) is 42.1 Å². The quantitative estimate of drug-likeness (QED) is 0.894. The van der Waals surface area contributed by atoms with Gasteiger partial charge in [0.05, 0.1) is 0 Å². The van der Waals surface area contributed by atoms with Crippen LogP contribution in [0.4, 0.5) is 16.2 Å². The summed E-state index contributed by atoms with van der Waals surface area (Å²) in [6.45, 7) is 2.21. The molecule has 1 saturated heterocycles. The molecule has 2 heterocycles. The minimum Gasteiger partial charge on any atom is -0.381 e. The van der Waals surface area contributed by atoms with Crippen LogP contribution in [0, 0.1) is 0 Å². The van der Waals surface area contributed by atoms with Crippen molar-refractivity contribution in [2.75, 3.05) is 23.3 Å². The molecule has 0 saturated carbocycles. The van der Waals surface area contributed by atoms with Gasteiger partial charge in [0.25, 0.3) is 0 Å². The lowest BCUT2D eigenvalue weighted by molar-refractivity contribution is 0.252. The van der Waals surface area contributed by atoms with Crippen LogP contribution in [-0.2, 0) is 13.6 Å². The van der Waals surface area contributed by atoms with Gasteiger partial charge in [-0.05, 0) is 29.8 Å². The zero-order valence-corrected chi connectivity index (χ0v) is 11.5. The summed E-state index contributed by atoms with van der Waals surface area (Å²) in [5, 5.41) is 6.19. The molecule has 5 heteroatoms. The molecule has 1 aliphatic heterocycles. The smallest absolute Gasteiger partial charge is 0.321 e. The molecule has 1 aromatic heterocycles. The van der Waals surface area contributed by atoms with Crippen LogP contribution in [0.15, 0.2) is 42.7 Å². The number of carbonyl (C=O) groups excluding carboxylic acids is 1. The lowest BCUT2D eigenvalue weighted by Crippen LogP contribution is -2.27. The van der Waals surface area contributed by atoms with E-state index in [1.54, 1.807) is 4.90 Å². The molecule has 2 N–H and O–H groups in total. The van der Waals surface area contributed by atoms with Crippen LogP contribution >= 0.6 is 0 Å². The molecule has 5 nitrogen and oxygen atoms in total. The van der Waals surface area contributed by atoms with E-state index in [2.05, 4.69) is 22.9 Å². The van der Waals surface area contributed by atoms with Gasteiger partial charge < -0.3 is 15.2 Å². The van der Waals surface area contributed by atoms with Crippen molar-refractivity contribution in [3.05, 3.63) is 48.3 Å². The van der Waals surface area contributed by atoms with E-state index in [0.29, 0.717) is 6.54 Å². The average Bonchev–Trinajstić information content (AvgIpc) is 3.05. The summed E-state index contributed by atoms with van der Waals surface area (Å²) < 4.78 is 2.03. The first kappa shape index (κ1) is 12.6. The van der Waals surface area contributed by atoms with Gasteiger partial charge in [-0.1, -0.05) is 6.07 Å². The third-order valence-electron chi connectivity index (χ3n) is 3.40. The van der Waals surface area contributed by atoms with Gasteiger partial charge in [-0.3, -0.25) is 4.90 Å². The zero-order valence-electron chi connectivity index (χ0n) is 11.5. The summed E-state index contributed by atoms with van der Waals surface area (Å²) in [7, 11) is 2.01. The van der Waals surface area contributed by atoms with Crippen LogP contribution in [0.3, 0.4) is 0 Å². The van der Waals surface area contributed by atoms with Crippen molar-refractivity contribution in [3.63, 3.8) is 0 Å². The monoisotopic (exact) mass is 270 g/mol. The molecule has 0 bridgehead atoms. The summed E-state index contributed by atoms with van der Waals surface area (Å²) in [5.74, 6) is 0. The van der Waals surface area contributed by atoms with Crippen molar-refractivity contribution in [1.29, 1.82) is 0 Å². The lowest BCUT2D eigenvalue weighted by Gasteiger charge is -2.15. The van der Waals surface area contributed by atoms with E-state index in [4.69, 9.17) is 0 Å². The van der Waals surface area contributed by atoms with Crippen LogP contribution in [0.25, 0.3) is 0 Å². The Labute approximate surface area is 118 Å². The summed E-state index contributed by atoms with van der Waals surface area (Å²) >= 11 is 0. The van der Waals surface area contributed by atoms with Crippen molar-refractivity contribution in [1.82, 2.24) is 9.88 Å². The van der Waals surface area contributed by atoms with Gasteiger partial charge in [-0.15, -0.1) is 0 Å². The Kier molecular flexibility index (Phi) is 3.33. The molecule has 0 atom stereocenters. The fraction of sp³-hybridized carbons (Fsp3) is 0.267. The number of rotatable bonds is 4. The fourth-order valence-corrected chi connectivity index (χ4v) is 2.37. The molecule has 1 aromatic carbocycles. The molecule has 3 rings (SSSR count). The number of nitrogens with zero attached hydrogens (tertiary/aromatic N) is 2. The Hall–Kier alpha value is -2.43. The van der Waals surface area contributed by atoms with E-state index in [-0.39, 0.29) is 6.03 Å². The summed E-state index contributed by atoms with van der Waals surface area (Å²) in [6, 6.07) is 10.0. The minimum atomic E-state index is -0.0230. The normalized spacial score (nSPS) is 14.4. The molecule has 0 unspecified atom stereocenters. The maximum Gasteiger partial charge on any atom is 0.321 e. The zero-order chi connectivity index (χ0) is 13.9. The highest BCUT2D eigenvalue weighted by molar-refractivity contribution is 5.94. The average molecular weight is 270 g/mol. The van der Waals surface area contributed by atoms with Crippen LogP contribution in [0.2, 0.25) is 0 Å². The summed E-state index contributed by atoms with van der Waals surface area (Å²) in [4.78, 5) is 13.4. The third-order valence-corrected chi connectivity index (χ3v) is 3.40. The van der Waals surface area contributed by atoms with Gasteiger partial charge in [0, 0.05) is 50.5 Å². The van der Waals surface area contributed by atoms with Crippen molar-refractivity contribution >= 4 is 17.4 Å². The topological polar surface area (TPSA) is 49.3 Å². The molecule has 2 aromatic rings. The molecule has 0 aliphatic carbocycles. The third kappa shape index (κ3) is 2.61. The first-order valence-electron chi connectivity index (χ1n) is 6.72. The molecular formula is C15H18N4O. The maximum absolute atomic E-state index is 11.7. The Bertz CT molecular complexity index is 620. The van der Waals surface area contributed by atoms with Gasteiger partial charge in [0.15, 0.2) is 0 Å². The highest BCUT2D eigenvalue weighted by Crippen LogP contribution is 2.21. The second-order valence-electron chi connectivity index (χ2n) is 4.97. The minimum absolute atomic E-state index is 0.0230. The number of carbonyl (C=O) groups is 1. The molecule has 104 valence electrons. The summed E-state index contributed by atoms with van der Waals surface area (Å²) in [6.07, 6.45) is 4.12. The molecule has 0 radical (unpaired) electrons. The lowest BCUT2D eigenvalue weighted by atomic mass is 10.2. The van der Waals surface area contributed by atoms with Crippen molar-refractivity contribution in [2.24, 2.45) is 7.05 Å². The van der Waals surface area contributed by atoms with Gasteiger partial charge in [0.1, 0.15) is 0 Å². The number of amides is 2. The number of anilines is 2. The van der Waals surface area contributed by atoms with E-state index >= 15 is 0 Å². The standard InChI is InChI=1S/C15H18N4O/c1-18-7-5-12(11-18)10-17-13-3-2-4-14(9-13)19-8-6-16-15(19)20/h2-5,7,9,11,17H,6,8,10H2,1H3,(H,16,20). The maximum atomic E-state index is 11.7. The van der Waals surface area contributed by atoms with Crippen LogP contribution in [0.5, 0.6) is 0 Å². The first-order chi connectivity index (χ1) is 9.72. The number of hydrogen-bond acceptors (Lipinski definition) is 2. The first-order valence-corrected chi connectivity index (χ1v) is 6.72. The number of urea groups is 1. The van der Waals surface area contributed by atoms with Crippen molar-refractivity contribution in [3.8, 4) is 0 Å². The molecule has 20 heavy (non-hydrogen) atoms. The second-order valence-corrected chi connectivity index (χ2v) is 4.97. The highest BCUT2D eigenvalue weighted by atomic mass is 16.2. The van der Waals surface area contributed by atoms with Gasteiger partial charge in [0.2, 0.25) is 0 Å². The van der Waals surface area contributed by atoms with Gasteiger partial charge in [-0.25, -0.2) is 4.79 Å². The predicted octanol–water partition coefficient (Wildman–Crippen LogP) is 2.17.